The first-order valence-electron chi connectivity index (χ1n) is 9.40. The van der Waals surface area contributed by atoms with Crippen molar-refractivity contribution in [2.24, 2.45) is 10.7 Å². The van der Waals surface area contributed by atoms with Gasteiger partial charge in [-0.3, -0.25) is 4.99 Å². The molecule has 2 aliphatic rings. The Labute approximate surface area is 158 Å². The molecular weight excluding hydrogens is 345 g/mol. The van der Waals surface area contributed by atoms with E-state index < -0.39 is 0 Å². The standard InChI is InChI=1S/C21H24FN3O2/c22-17-10-15(20-16(11-17)12-26-13-27-20)8-9-24-21(23)25-19-7-3-5-14-4-1-2-6-18(14)19/h3,5,7,10-11H,1-2,4,6,8-9,12-13H2,(H3,23,24,25). The number of nitrogens with zero attached hydrogens (tertiary/aromatic N) is 1. The zero-order valence-corrected chi connectivity index (χ0v) is 15.3. The largest absolute Gasteiger partial charge is 0.467 e. The van der Waals surface area contributed by atoms with Crippen LogP contribution in [0.4, 0.5) is 10.1 Å². The number of fused-ring (bicyclic) bond motifs is 2. The molecule has 0 spiro atoms. The summed E-state index contributed by atoms with van der Waals surface area (Å²) in [6.07, 6.45) is 5.19. The van der Waals surface area contributed by atoms with Gasteiger partial charge in [-0.25, -0.2) is 4.39 Å². The third-order valence-electron chi connectivity index (χ3n) is 5.07. The Morgan fingerprint density at radius 1 is 1.19 bits per heavy atom. The highest BCUT2D eigenvalue weighted by molar-refractivity contribution is 5.93. The summed E-state index contributed by atoms with van der Waals surface area (Å²) < 4.78 is 24.6. The molecule has 3 N–H and O–H groups in total. The van der Waals surface area contributed by atoms with E-state index in [0.29, 0.717) is 31.3 Å². The van der Waals surface area contributed by atoms with Crippen LogP contribution >= 0.6 is 0 Å². The topological polar surface area (TPSA) is 68.9 Å². The summed E-state index contributed by atoms with van der Waals surface area (Å²) >= 11 is 0. The molecule has 1 aliphatic heterocycles. The molecule has 2 aromatic carbocycles. The van der Waals surface area contributed by atoms with Crippen LogP contribution in [0.5, 0.6) is 5.75 Å². The molecule has 1 heterocycles. The van der Waals surface area contributed by atoms with Crippen LogP contribution in [0.25, 0.3) is 0 Å². The molecule has 6 heteroatoms. The Morgan fingerprint density at radius 3 is 3.00 bits per heavy atom. The Balaban J connectivity index is 1.43. The summed E-state index contributed by atoms with van der Waals surface area (Å²) in [5.74, 6) is 0.800. The van der Waals surface area contributed by atoms with Crippen LogP contribution < -0.4 is 15.8 Å². The molecule has 0 radical (unpaired) electrons. The quantitative estimate of drug-likeness (QED) is 0.639. The number of anilines is 1. The van der Waals surface area contributed by atoms with Gasteiger partial charge in [0.15, 0.2) is 12.8 Å². The molecule has 0 aromatic heterocycles. The van der Waals surface area contributed by atoms with Crippen molar-refractivity contribution in [1.82, 2.24) is 0 Å². The van der Waals surface area contributed by atoms with Gasteiger partial charge in [-0.1, -0.05) is 12.1 Å². The van der Waals surface area contributed by atoms with Crippen molar-refractivity contribution in [3.05, 3.63) is 58.4 Å². The van der Waals surface area contributed by atoms with Crippen molar-refractivity contribution in [1.29, 1.82) is 0 Å². The van der Waals surface area contributed by atoms with Crippen molar-refractivity contribution < 1.29 is 13.9 Å². The number of aryl methyl sites for hydroxylation is 1. The molecule has 2 aromatic rings. The van der Waals surface area contributed by atoms with E-state index in [4.69, 9.17) is 15.2 Å². The fourth-order valence-electron chi connectivity index (χ4n) is 3.82. The lowest BCUT2D eigenvalue weighted by Gasteiger charge is -2.21. The van der Waals surface area contributed by atoms with E-state index in [0.717, 1.165) is 29.7 Å². The zero-order valence-electron chi connectivity index (χ0n) is 15.3. The Morgan fingerprint density at radius 2 is 2.07 bits per heavy atom. The maximum atomic E-state index is 13.8. The smallest absolute Gasteiger partial charge is 0.193 e. The fraction of sp³-hybridized carbons (Fsp3) is 0.381. The van der Waals surface area contributed by atoms with E-state index >= 15 is 0 Å². The number of rotatable bonds is 4. The van der Waals surface area contributed by atoms with Crippen LogP contribution in [0.3, 0.4) is 0 Å². The van der Waals surface area contributed by atoms with Crippen LogP contribution in [0.2, 0.25) is 0 Å². The molecule has 4 rings (SSSR count). The second kappa shape index (κ2) is 7.96. The van der Waals surface area contributed by atoms with Crippen LogP contribution in [-0.4, -0.2) is 19.3 Å². The first-order valence-corrected chi connectivity index (χ1v) is 9.40. The first-order chi connectivity index (χ1) is 13.2. The number of hydrogen-bond donors (Lipinski definition) is 2. The SMILES string of the molecule is NC(=NCCc1cc(F)cc2c1OCOC2)Nc1cccc2c1CCCC2. The summed E-state index contributed by atoms with van der Waals surface area (Å²) in [6.45, 7) is 1.01. The summed E-state index contributed by atoms with van der Waals surface area (Å²) in [5, 5.41) is 3.23. The number of aliphatic imine (C=N–C) groups is 1. The van der Waals surface area contributed by atoms with Gasteiger partial charge in [-0.05, 0) is 67.0 Å². The van der Waals surface area contributed by atoms with Gasteiger partial charge in [0.2, 0.25) is 0 Å². The van der Waals surface area contributed by atoms with Crippen molar-refractivity contribution >= 4 is 11.6 Å². The summed E-state index contributed by atoms with van der Waals surface area (Å²) in [7, 11) is 0. The summed E-state index contributed by atoms with van der Waals surface area (Å²) in [6, 6.07) is 9.23. The molecule has 0 unspecified atom stereocenters. The minimum absolute atomic E-state index is 0.192. The Kier molecular flexibility index (Phi) is 5.25. The highest BCUT2D eigenvalue weighted by Crippen LogP contribution is 2.30. The first kappa shape index (κ1) is 17.8. The third kappa shape index (κ3) is 4.06. The van der Waals surface area contributed by atoms with Gasteiger partial charge >= 0.3 is 0 Å². The molecule has 5 nitrogen and oxygen atoms in total. The molecule has 0 saturated heterocycles. The molecule has 0 atom stereocenters. The second-order valence-corrected chi connectivity index (χ2v) is 6.96. The fourth-order valence-corrected chi connectivity index (χ4v) is 3.82. The molecule has 0 saturated carbocycles. The van der Waals surface area contributed by atoms with Gasteiger partial charge in [-0.2, -0.15) is 0 Å². The van der Waals surface area contributed by atoms with Crippen LogP contribution in [0.1, 0.15) is 35.1 Å². The number of ether oxygens (including phenoxy) is 2. The lowest BCUT2D eigenvalue weighted by molar-refractivity contribution is -0.0172. The van der Waals surface area contributed by atoms with Crippen LogP contribution in [0.15, 0.2) is 35.3 Å². The molecule has 0 fully saturated rings. The lowest BCUT2D eigenvalue weighted by atomic mass is 9.90. The average molecular weight is 369 g/mol. The Bertz CT molecular complexity index is 867. The van der Waals surface area contributed by atoms with Gasteiger partial charge in [0.05, 0.1) is 6.61 Å². The maximum absolute atomic E-state index is 13.8. The second-order valence-electron chi connectivity index (χ2n) is 6.96. The molecule has 0 amide bonds. The van der Waals surface area contributed by atoms with E-state index in [2.05, 4.69) is 22.4 Å². The highest BCUT2D eigenvalue weighted by Gasteiger charge is 2.17. The molecule has 1 aliphatic carbocycles. The normalized spacial score (nSPS) is 16.3. The highest BCUT2D eigenvalue weighted by atomic mass is 19.1. The third-order valence-corrected chi connectivity index (χ3v) is 5.07. The predicted molar refractivity (Wildman–Crippen MR) is 104 cm³/mol. The molecule has 142 valence electrons. The average Bonchev–Trinajstić information content (AvgIpc) is 2.68. The van der Waals surface area contributed by atoms with Crippen molar-refractivity contribution in [2.45, 2.75) is 38.7 Å². The van der Waals surface area contributed by atoms with Crippen LogP contribution in [0, 0.1) is 5.82 Å². The van der Waals surface area contributed by atoms with Gasteiger partial charge in [-0.15, -0.1) is 0 Å². The van der Waals surface area contributed by atoms with Gasteiger partial charge in [0, 0.05) is 17.8 Å². The predicted octanol–water partition coefficient (Wildman–Crippen LogP) is 3.54. The number of benzene rings is 2. The monoisotopic (exact) mass is 369 g/mol. The van der Waals surface area contributed by atoms with Gasteiger partial charge < -0.3 is 20.5 Å². The number of nitrogens with one attached hydrogen (secondary N) is 1. The molecular formula is C21H24FN3O2. The maximum Gasteiger partial charge on any atom is 0.193 e. The van der Waals surface area contributed by atoms with E-state index in [9.17, 15) is 4.39 Å². The minimum atomic E-state index is -0.288. The van der Waals surface area contributed by atoms with Crippen LogP contribution in [-0.2, 0) is 30.6 Å². The molecule has 0 bridgehead atoms. The van der Waals surface area contributed by atoms with E-state index in [-0.39, 0.29) is 12.6 Å². The lowest BCUT2D eigenvalue weighted by Crippen LogP contribution is -2.24. The van der Waals surface area contributed by atoms with Crippen molar-refractivity contribution in [3.63, 3.8) is 0 Å². The number of halogens is 1. The summed E-state index contributed by atoms with van der Waals surface area (Å²) in [4.78, 5) is 4.42. The Hall–Kier alpha value is -2.60. The minimum Gasteiger partial charge on any atom is -0.467 e. The van der Waals surface area contributed by atoms with Crippen molar-refractivity contribution in [2.75, 3.05) is 18.7 Å². The number of hydrogen-bond acceptors (Lipinski definition) is 3. The van der Waals surface area contributed by atoms with Gasteiger partial charge in [0.25, 0.3) is 0 Å². The summed E-state index contributed by atoms with van der Waals surface area (Å²) in [5.41, 5.74) is 11.4. The number of guanidine groups is 1. The van der Waals surface area contributed by atoms with Crippen molar-refractivity contribution in [3.8, 4) is 5.75 Å². The molecule has 27 heavy (non-hydrogen) atoms. The van der Waals surface area contributed by atoms with E-state index in [1.165, 1.54) is 36.1 Å². The van der Waals surface area contributed by atoms with E-state index in [1.54, 1.807) is 0 Å². The number of nitrogens with two attached hydrogens (primary N) is 1. The van der Waals surface area contributed by atoms with Gasteiger partial charge in [0.1, 0.15) is 11.6 Å². The van der Waals surface area contributed by atoms with E-state index in [1.807, 2.05) is 6.07 Å². The zero-order chi connectivity index (χ0) is 18.6.